The smallest absolute Gasteiger partial charge is 0.253 e. The van der Waals surface area contributed by atoms with Gasteiger partial charge in [0.05, 0.1) is 3.57 Å². The van der Waals surface area contributed by atoms with Gasteiger partial charge in [0, 0.05) is 19.7 Å². The van der Waals surface area contributed by atoms with E-state index in [1.165, 1.54) is 11.0 Å². The van der Waals surface area contributed by atoms with Gasteiger partial charge in [-0.1, -0.05) is 0 Å². The number of rotatable bonds is 1. The third kappa shape index (κ3) is 2.33. The zero-order valence-electron chi connectivity index (χ0n) is 7.41. The van der Waals surface area contributed by atoms with E-state index in [0.717, 1.165) is 0 Å². The molecule has 0 bridgehead atoms. The Hall–Kier alpha value is -0.780. The second-order valence-electron chi connectivity index (χ2n) is 2.87. The standard InChI is InChI=1S/C9H10INO2/c1-11(2)9(13)6-3-4-8(12)7(10)5-6/h3-5,12H,1-2H3. The molecule has 0 heterocycles. The molecule has 1 amide bonds. The molecule has 70 valence electrons. The molecule has 0 fully saturated rings. The molecule has 0 aromatic heterocycles. The highest BCUT2D eigenvalue weighted by Gasteiger charge is 2.09. The Balaban J connectivity index is 3.04. The van der Waals surface area contributed by atoms with Crippen LogP contribution in [0.5, 0.6) is 5.75 Å². The molecule has 0 atom stereocenters. The summed E-state index contributed by atoms with van der Waals surface area (Å²) in [5.74, 6) is 0.147. The summed E-state index contributed by atoms with van der Waals surface area (Å²) >= 11 is 1.99. The van der Waals surface area contributed by atoms with Crippen LogP contribution in [0.1, 0.15) is 10.4 Å². The number of amides is 1. The Labute approximate surface area is 90.5 Å². The van der Waals surface area contributed by atoms with Gasteiger partial charge in [-0.2, -0.15) is 0 Å². The lowest BCUT2D eigenvalue weighted by Gasteiger charge is -2.10. The minimum Gasteiger partial charge on any atom is -0.507 e. The first-order valence-corrected chi connectivity index (χ1v) is 4.80. The Morgan fingerprint density at radius 1 is 1.46 bits per heavy atom. The van der Waals surface area contributed by atoms with E-state index in [9.17, 15) is 9.90 Å². The highest BCUT2D eigenvalue weighted by atomic mass is 127. The van der Waals surface area contributed by atoms with Gasteiger partial charge in [0.15, 0.2) is 0 Å². The van der Waals surface area contributed by atoms with Crippen molar-refractivity contribution >= 4 is 28.5 Å². The summed E-state index contributed by atoms with van der Waals surface area (Å²) < 4.78 is 0.685. The summed E-state index contributed by atoms with van der Waals surface area (Å²) in [6, 6.07) is 4.80. The van der Waals surface area contributed by atoms with Crippen molar-refractivity contribution in [1.29, 1.82) is 0 Å². The average molecular weight is 291 g/mol. The van der Waals surface area contributed by atoms with Crippen molar-refractivity contribution in [2.75, 3.05) is 14.1 Å². The molecule has 13 heavy (non-hydrogen) atoms. The van der Waals surface area contributed by atoms with E-state index in [1.807, 2.05) is 22.6 Å². The number of carbonyl (C=O) groups excluding carboxylic acids is 1. The quantitative estimate of drug-likeness (QED) is 0.800. The number of benzene rings is 1. The minimum atomic E-state index is -0.0575. The Bertz CT molecular complexity index is 336. The minimum absolute atomic E-state index is 0.0575. The van der Waals surface area contributed by atoms with E-state index >= 15 is 0 Å². The highest BCUT2D eigenvalue weighted by Crippen LogP contribution is 2.20. The number of aromatic hydroxyl groups is 1. The van der Waals surface area contributed by atoms with Crippen LogP contribution in [0.3, 0.4) is 0 Å². The fourth-order valence-electron chi connectivity index (χ4n) is 0.898. The molecule has 0 aliphatic rings. The number of hydrogen-bond acceptors (Lipinski definition) is 2. The largest absolute Gasteiger partial charge is 0.507 e. The molecule has 0 unspecified atom stereocenters. The van der Waals surface area contributed by atoms with Crippen molar-refractivity contribution in [3.8, 4) is 5.75 Å². The molecule has 1 aromatic carbocycles. The molecule has 0 spiro atoms. The zero-order chi connectivity index (χ0) is 10.0. The third-order valence-electron chi connectivity index (χ3n) is 1.60. The SMILES string of the molecule is CN(C)C(=O)c1ccc(O)c(I)c1. The predicted molar refractivity (Wildman–Crippen MR) is 58.8 cm³/mol. The van der Waals surface area contributed by atoms with Crippen LogP contribution in [0, 0.1) is 3.57 Å². The fraction of sp³-hybridized carbons (Fsp3) is 0.222. The van der Waals surface area contributed by atoms with E-state index in [0.29, 0.717) is 9.13 Å². The lowest BCUT2D eigenvalue weighted by molar-refractivity contribution is 0.0827. The van der Waals surface area contributed by atoms with Gasteiger partial charge in [0.25, 0.3) is 5.91 Å². The molecule has 0 radical (unpaired) electrons. The van der Waals surface area contributed by atoms with Crippen molar-refractivity contribution < 1.29 is 9.90 Å². The average Bonchev–Trinajstić information content (AvgIpc) is 2.08. The molecule has 0 aliphatic carbocycles. The first kappa shape index (κ1) is 10.3. The van der Waals surface area contributed by atoms with E-state index in [2.05, 4.69) is 0 Å². The van der Waals surface area contributed by atoms with Gasteiger partial charge < -0.3 is 10.0 Å². The first-order valence-electron chi connectivity index (χ1n) is 3.72. The van der Waals surface area contributed by atoms with Crippen molar-refractivity contribution in [3.05, 3.63) is 27.3 Å². The van der Waals surface area contributed by atoms with Crippen LogP contribution in [-0.4, -0.2) is 30.0 Å². The maximum atomic E-state index is 11.4. The van der Waals surface area contributed by atoms with Crippen LogP contribution in [0.15, 0.2) is 18.2 Å². The molecule has 3 nitrogen and oxygen atoms in total. The van der Waals surface area contributed by atoms with E-state index < -0.39 is 0 Å². The Kier molecular flexibility index (Phi) is 3.13. The fourth-order valence-corrected chi connectivity index (χ4v) is 1.41. The lowest BCUT2D eigenvalue weighted by Crippen LogP contribution is -2.21. The van der Waals surface area contributed by atoms with E-state index in [1.54, 1.807) is 26.2 Å². The first-order chi connectivity index (χ1) is 6.02. The monoisotopic (exact) mass is 291 g/mol. The van der Waals surface area contributed by atoms with Crippen LogP contribution in [0.25, 0.3) is 0 Å². The highest BCUT2D eigenvalue weighted by molar-refractivity contribution is 14.1. The Morgan fingerprint density at radius 2 is 2.08 bits per heavy atom. The molecule has 1 rings (SSSR count). The van der Waals surface area contributed by atoms with Crippen LogP contribution >= 0.6 is 22.6 Å². The molecule has 0 saturated heterocycles. The molecule has 0 saturated carbocycles. The van der Waals surface area contributed by atoms with Gasteiger partial charge in [0.1, 0.15) is 5.75 Å². The van der Waals surface area contributed by atoms with E-state index in [-0.39, 0.29) is 11.7 Å². The summed E-state index contributed by atoms with van der Waals surface area (Å²) in [6.07, 6.45) is 0. The summed E-state index contributed by atoms with van der Waals surface area (Å²) in [4.78, 5) is 13.0. The summed E-state index contributed by atoms with van der Waals surface area (Å²) in [5, 5.41) is 9.23. The number of phenols is 1. The van der Waals surface area contributed by atoms with Crippen molar-refractivity contribution in [1.82, 2.24) is 4.90 Å². The van der Waals surface area contributed by atoms with Gasteiger partial charge in [0.2, 0.25) is 0 Å². The van der Waals surface area contributed by atoms with E-state index in [4.69, 9.17) is 0 Å². The topological polar surface area (TPSA) is 40.5 Å². The van der Waals surface area contributed by atoms with Gasteiger partial charge in [-0.3, -0.25) is 4.79 Å². The normalized spacial score (nSPS) is 9.77. The molecule has 1 aromatic rings. The van der Waals surface area contributed by atoms with Crippen molar-refractivity contribution in [2.45, 2.75) is 0 Å². The van der Waals surface area contributed by atoms with Crippen LogP contribution in [0.4, 0.5) is 0 Å². The molecule has 1 N–H and O–H groups in total. The van der Waals surface area contributed by atoms with Gasteiger partial charge >= 0.3 is 0 Å². The second kappa shape index (κ2) is 3.95. The summed E-state index contributed by atoms with van der Waals surface area (Å²) in [7, 11) is 3.39. The van der Waals surface area contributed by atoms with Crippen LogP contribution in [0.2, 0.25) is 0 Å². The molecular formula is C9H10INO2. The van der Waals surface area contributed by atoms with Crippen LogP contribution < -0.4 is 0 Å². The summed E-state index contributed by atoms with van der Waals surface area (Å²) in [5.41, 5.74) is 0.590. The maximum Gasteiger partial charge on any atom is 0.253 e. The van der Waals surface area contributed by atoms with Crippen molar-refractivity contribution in [3.63, 3.8) is 0 Å². The number of hydrogen-bond donors (Lipinski definition) is 1. The predicted octanol–water partition coefficient (Wildman–Crippen LogP) is 1.70. The van der Waals surface area contributed by atoms with Gasteiger partial charge in [-0.05, 0) is 40.8 Å². The number of nitrogens with zero attached hydrogens (tertiary/aromatic N) is 1. The maximum absolute atomic E-state index is 11.4. The molecular weight excluding hydrogens is 281 g/mol. The third-order valence-corrected chi connectivity index (χ3v) is 2.46. The summed E-state index contributed by atoms with van der Waals surface area (Å²) in [6.45, 7) is 0. The Morgan fingerprint density at radius 3 is 2.54 bits per heavy atom. The van der Waals surface area contributed by atoms with Crippen LogP contribution in [-0.2, 0) is 0 Å². The zero-order valence-corrected chi connectivity index (χ0v) is 9.57. The number of carbonyl (C=O) groups is 1. The lowest BCUT2D eigenvalue weighted by atomic mass is 10.2. The van der Waals surface area contributed by atoms with Crippen molar-refractivity contribution in [2.24, 2.45) is 0 Å². The molecule has 4 heteroatoms. The molecule has 0 aliphatic heterocycles. The van der Waals surface area contributed by atoms with Gasteiger partial charge in [-0.15, -0.1) is 0 Å². The van der Waals surface area contributed by atoms with Gasteiger partial charge in [-0.25, -0.2) is 0 Å². The second-order valence-corrected chi connectivity index (χ2v) is 4.03. The number of halogens is 1. The number of phenolic OH excluding ortho intramolecular Hbond substituents is 1.